The molecule has 0 aromatic heterocycles. The van der Waals surface area contributed by atoms with Crippen LogP contribution in [-0.4, -0.2) is 28.6 Å². The molecule has 0 radical (unpaired) electrons. The number of carbonyl (C=O) groups is 1. The zero-order chi connectivity index (χ0) is 17.8. The maximum atomic E-state index is 13.5. The zero-order valence-corrected chi connectivity index (χ0v) is 13.7. The average molecular weight is 338 g/mol. The molecule has 1 aliphatic heterocycles. The van der Waals surface area contributed by atoms with E-state index in [2.05, 4.69) is 6.07 Å². The van der Waals surface area contributed by atoms with Gasteiger partial charge in [0, 0.05) is 13.0 Å². The van der Waals surface area contributed by atoms with E-state index in [-0.39, 0.29) is 24.3 Å². The molecule has 1 aliphatic rings. The third-order valence-corrected chi connectivity index (χ3v) is 4.54. The molecule has 5 heteroatoms. The fourth-order valence-corrected chi connectivity index (χ4v) is 3.26. The number of β-amino-alcohol motifs (C(OH)–C–C–N with tert-alkyl or cyclic N) is 1. The summed E-state index contributed by atoms with van der Waals surface area (Å²) in [6.07, 6.45) is 0.705. The van der Waals surface area contributed by atoms with Crippen LogP contribution in [0.15, 0.2) is 48.5 Å². The van der Waals surface area contributed by atoms with Crippen molar-refractivity contribution >= 4 is 5.91 Å². The summed E-state index contributed by atoms with van der Waals surface area (Å²) < 4.78 is 13.5. The standard InChI is InChI=1S/C20H19FN2O2/c21-17-3-1-2-16(10-17)19-11-18(24)13-23(19)20(25)9-8-14-4-6-15(12-22)7-5-14/h1-7,10,18-19,24H,8-9,11,13H2/t18-,19-/m1/s1. The number of benzene rings is 2. The molecule has 0 bridgehead atoms. The third-order valence-electron chi connectivity index (χ3n) is 4.54. The van der Waals surface area contributed by atoms with Gasteiger partial charge in [-0.05, 0) is 48.2 Å². The first-order chi connectivity index (χ1) is 12.1. The van der Waals surface area contributed by atoms with E-state index in [1.54, 1.807) is 29.2 Å². The lowest BCUT2D eigenvalue weighted by Gasteiger charge is -2.25. The van der Waals surface area contributed by atoms with Crippen LogP contribution in [0.4, 0.5) is 4.39 Å². The summed E-state index contributed by atoms with van der Waals surface area (Å²) in [6.45, 7) is 0.271. The highest BCUT2D eigenvalue weighted by Crippen LogP contribution is 2.33. The van der Waals surface area contributed by atoms with Gasteiger partial charge in [-0.15, -0.1) is 0 Å². The van der Waals surface area contributed by atoms with Crippen LogP contribution in [-0.2, 0) is 11.2 Å². The molecule has 2 aromatic carbocycles. The predicted molar refractivity (Wildman–Crippen MR) is 91.0 cm³/mol. The van der Waals surface area contributed by atoms with Crippen LogP contribution >= 0.6 is 0 Å². The number of hydrogen-bond acceptors (Lipinski definition) is 3. The predicted octanol–water partition coefficient (Wildman–Crippen LogP) is 2.96. The van der Waals surface area contributed by atoms with Crippen molar-refractivity contribution in [2.45, 2.75) is 31.4 Å². The molecule has 0 spiro atoms. The molecule has 2 aromatic rings. The van der Waals surface area contributed by atoms with Crippen LogP contribution in [0.5, 0.6) is 0 Å². The van der Waals surface area contributed by atoms with Gasteiger partial charge in [-0.2, -0.15) is 5.26 Å². The number of rotatable bonds is 4. The van der Waals surface area contributed by atoms with Gasteiger partial charge in [-0.1, -0.05) is 24.3 Å². The lowest BCUT2D eigenvalue weighted by atomic mass is 10.0. The molecule has 1 N–H and O–H groups in total. The molecule has 2 atom stereocenters. The van der Waals surface area contributed by atoms with Crippen LogP contribution < -0.4 is 0 Å². The number of aryl methyl sites for hydroxylation is 1. The first-order valence-electron chi connectivity index (χ1n) is 8.29. The second-order valence-electron chi connectivity index (χ2n) is 6.32. The molecule has 1 amide bonds. The lowest BCUT2D eigenvalue weighted by Crippen LogP contribution is -2.32. The number of aliphatic hydroxyl groups excluding tert-OH is 1. The first-order valence-corrected chi connectivity index (χ1v) is 8.29. The van der Waals surface area contributed by atoms with Gasteiger partial charge >= 0.3 is 0 Å². The monoisotopic (exact) mass is 338 g/mol. The van der Waals surface area contributed by atoms with Gasteiger partial charge in [0.2, 0.25) is 5.91 Å². The highest BCUT2D eigenvalue weighted by atomic mass is 19.1. The Morgan fingerprint density at radius 2 is 2.04 bits per heavy atom. The van der Waals surface area contributed by atoms with Gasteiger partial charge in [-0.3, -0.25) is 4.79 Å². The Balaban J connectivity index is 1.68. The number of nitrogens with zero attached hydrogens (tertiary/aromatic N) is 2. The van der Waals surface area contributed by atoms with Gasteiger partial charge in [0.15, 0.2) is 0 Å². The van der Waals surface area contributed by atoms with Crippen molar-refractivity contribution in [2.24, 2.45) is 0 Å². The van der Waals surface area contributed by atoms with Gasteiger partial charge in [-0.25, -0.2) is 4.39 Å². The van der Waals surface area contributed by atoms with Crippen LogP contribution in [0.2, 0.25) is 0 Å². The SMILES string of the molecule is N#Cc1ccc(CCC(=O)N2C[C@H](O)C[C@@H]2c2cccc(F)c2)cc1. The van der Waals surface area contributed by atoms with E-state index in [1.165, 1.54) is 12.1 Å². The van der Waals surface area contributed by atoms with E-state index >= 15 is 0 Å². The van der Waals surface area contributed by atoms with Crippen molar-refractivity contribution in [3.63, 3.8) is 0 Å². The number of likely N-dealkylation sites (tertiary alicyclic amines) is 1. The molecule has 1 saturated heterocycles. The minimum absolute atomic E-state index is 0.0600. The minimum Gasteiger partial charge on any atom is -0.391 e. The van der Waals surface area contributed by atoms with Crippen molar-refractivity contribution in [3.8, 4) is 6.07 Å². The van der Waals surface area contributed by atoms with Crippen molar-refractivity contribution in [1.82, 2.24) is 4.90 Å². The molecular weight excluding hydrogens is 319 g/mol. The van der Waals surface area contributed by atoms with E-state index < -0.39 is 6.10 Å². The number of carbonyl (C=O) groups excluding carboxylic acids is 1. The molecule has 0 unspecified atom stereocenters. The molecule has 25 heavy (non-hydrogen) atoms. The summed E-state index contributed by atoms with van der Waals surface area (Å²) in [6, 6.07) is 15.1. The van der Waals surface area contributed by atoms with Gasteiger partial charge in [0.1, 0.15) is 5.82 Å². The summed E-state index contributed by atoms with van der Waals surface area (Å²) in [5.41, 5.74) is 2.28. The fraction of sp³-hybridized carbons (Fsp3) is 0.300. The van der Waals surface area contributed by atoms with E-state index in [9.17, 15) is 14.3 Å². The Morgan fingerprint density at radius 3 is 2.72 bits per heavy atom. The quantitative estimate of drug-likeness (QED) is 0.932. The number of hydrogen-bond donors (Lipinski definition) is 1. The Kier molecular flexibility index (Phi) is 5.11. The minimum atomic E-state index is -0.591. The van der Waals surface area contributed by atoms with Gasteiger partial charge in [0.05, 0.1) is 23.8 Å². The lowest BCUT2D eigenvalue weighted by molar-refractivity contribution is -0.132. The number of amides is 1. The number of halogens is 1. The van der Waals surface area contributed by atoms with Crippen LogP contribution in [0, 0.1) is 17.1 Å². The average Bonchev–Trinajstić information content (AvgIpc) is 3.02. The van der Waals surface area contributed by atoms with E-state index in [1.807, 2.05) is 12.1 Å². The van der Waals surface area contributed by atoms with E-state index in [0.717, 1.165) is 5.56 Å². The fourth-order valence-electron chi connectivity index (χ4n) is 3.26. The summed E-state index contributed by atoms with van der Waals surface area (Å²) in [7, 11) is 0. The van der Waals surface area contributed by atoms with Crippen molar-refractivity contribution < 1.29 is 14.3 Å². The Morgan fingerprint density at radius 1 is 1.28 bits per heavy atom. The molecular formula is C20H19FN2O2. The van der Waals surface area contributed by atoms with Gasteiger partial charge < -0.3 is 10.0 Å². The normalized spacial score (nSPS) is 19.6. The third kappa shape index (κ3) is 4.04. The highest BCUT2D eigenvalue weighted by molar-refractivity contribution is 5.77. The molecule has 4 nitrogen and oxygen atoms in total. The molecule has 3 rings (SSSR count). The Hall–Kier alpha value is -2.71. The molecule has 1 fully saturated rings. The summed E-state index contributed by atoms with van der Waals surface area (Å²) in [5.74, 6) is -0.404. The first kappa shape index (κ1) is 17.1. The second kappa shape index (κ2) is 7.45. The summed E-state index contributed by atoms with van der Waals surface area (Å²) in [4.78, 5) is 14.3. The topological polar surface area (TPSA) is 64.3 Å². The van der Waals surface area contributed by atoms with Crippen LogP contribution in [0.1, 0.15) is 35.6 Å². The highest BCUT2D eigenvalue weighted by Gasteiger charge is 2.35. The largest absolute Gasteiger partial charge is 0.391 e. The second-order valence-corrected chi connectivity index (χ2v) is 6.32. The smallest absolute Gasteiger partial charge is 0.223 e. The van der Waals surface area contributed by atoms with E-state index in [4.69, 9.17) is 5.26 Å². The maximum Gasteiger partial charge on any atom is 0.223 e. The summed E-state index contributed by atoms with van der Waals surface area (Å²) >= 11 is 0. The molecule has 0 aliphatic carbocycles. The summed E-state index contributed by atoms with van der Waals surface area (Å²) in [5, 5.41) is 18.8. The molecule has 0 saturated carbocycles. The number of nitriles is 1. The van der Waals surface area contributed by atoms with Crippen LogP contribution in [0.25, 0.3) is 0 Å². The van der Waals surface area contributed by atoms with Crippen LogP contribution in [0.3, 0.4) is 0 Å². The van der Waals surface area contributed by atoms with Gasteiger partial charge in [0.25, 0.3) is 0 Å². The zero-order valence-electron chi connectivity index (χ0n) is 13.7. The molecule has 1 heterocycles. The Bertz CT molecular complexity index is 798. The van der Waals surface area contributed by atoms with Crippen molar-refractivity contribution in [1.29, 1.82) is 5.26 Å². The Labute approximate surface area is 146 Å². The molecule has 128 valence electrons. The number of aliphatic hydroxyl groups is 1. The van der Waals surface area contributed by atoms with E-state index in [0.29, 0.717) is 30.4 Å². The van der Waals surface area contributed by atoms with Crippen molar-refractivity contribution in [2.75, 3.05) is 6.54 Å². The maximum absolute atomic E-state index is 13.5. The van der Waals surface area contributed by atoms with Crippen molar-refractivity contribution in [3.05, 3.63) is 71.0 Å².